The summed E-state index contributed by atoms with van der Waals surface area (Å²) in [4.78, 5) is 16.8. The van der Waals surface area contributed by atoms with E-state index in [1.54, 1.807) is 0 Å². The number of aromatic amines is 1. The van der Waals surface area contributed by atoms with Gasteiger partial charge in [-0.15, -0.1) is 0 Å². The first-order chi connectivity index (χ1) is 11.5. The second-order valence-electron chi connectivity index (χ2n) is 6.50. The van der Waals surface area contributed by atoms with Crippen molar-refractivity contribution >= 4 is 17.5 Å². The summed E-state index contributed by atoms with van der Waals surface area (Å²) in [6, 6.07) is 8.18. The molecule has 1 saturated heterocycles. The zero-order valence-corrected chi connectivity index (χ0v) is 15.1. The number of benzene rings is 1. The Morgan fingerprint density at radius 3 is 2.54 bits per heavy atom. The van der Waals surface area contributed by atoms with Crippen LogP contribution in [0.4, 0.5) is 0 Å². The second-order valence-corrected chi connectivity index (χ2v) is 6.88. The van der Waals surface area contributed by atoms with Crippen LogP contribution in [0.5, 0.6) is 0 Å². The van der Waals surface area contributed by atoms with Crippen molar-refractivity contribution in [3.05, 3.63) is 51.8 Å². The van der Waals surface area contributed by atoms with Gasteiger partial charge in [-0.2, -0.15) is 5.10 Å². The molecule has 0 unspecified atom stereocenters. The number of aromatic nitrogens is 2. The highest BCUT2D eigenvalue weighted by molar-refractivity contribution is 6.31. The van der Waals surface area contributed by atoms with Gasteiger partial charge in [0.25, 0.3) is 0 Å². The van der Waals surface area contributed by atoms with E-state index >= 15 is 0 Å². The van der Waals surface area contributed by atoms with Crippen molar-refractivity contribution in [3.63, 3.8) is 0 Å². The number of halogens is 1. The zero-order valence-electron chi connectivity index (χ0n) is 14.3. The van der Waals surface area contributed by atoms with E-state index in [1.807, 2.05) is 18.7 Å². The fourth-order valence-corrected chi connectivity index (χ4v) is 3.17. The minimum Gasteiger partial charge on any atom is -0.336 e. The van der Waals surface area contributed by atoms with Crippen molar-refractivity contribution in [1.82, 2.24) is 20.0 Å². The molecule has 0 spiro atoms. The quantitative estimate of drug-likeness (QED) is 0.926. The molecular weight excluding hydrogens is 324 g/mol. The first-order valence-electron chi connectivity index (χ1n) is 8.23. The maximum atomic E-state index is 12.7. The number of carbonyl (C=O) groups is 1. The monoisotopic (exact) mass is 346 g/mol. The van der Waals surface area contributed by atoms with Crippen LogP contribution in [0.1, 0.15) is 29.4 Å². The normalized spacial score (nSPS) is 19.1. The van der Waals surface area contributed by atoms with E-state index in [0.717, 1.165) is 24.5 Å². The molecule has 1 fully saturated rings. The lowest BCUT2D eigenvalue weighted by molar-refractivity contribution is -0.142. The minimum atomic E-state index is -0.169. The highest BCUT2D eigenvalue weighted by Gasteiger charge is 2.32. The number of H-pyrrole nitrogens is 1. The van der Waals surface area contributed by atoms with Crippen molar-refractivity contribution in [2.45, 2.75) is 39.9 Å². The Hall–Kier alpha value is -1.85. The molecule has 128 valence electrons. The molecule has 3 rings (SSSR count). The zero-order chi connectivity index (χ0) is 17.3. The van der Waals surface area contributed by atoms with Crippen molar-refractivity contribution in [2.75, 3.05) is 13.1 Å². The van der Waals surface area contributed by atoms with Gasteiger partial charge in [0.2, 0.25) is 5.91 Å². The lowest BCUT2D eigenvalue weighted by atomic mass is 10.1. The fraction of sp³-hybridized carbons (Fsp3) is 0.444. The number of nitrogens with zero attached hydrogens (tertiary/aromatic N) is 3. The molecule has 1 aliphatic rings. The molecule has 1 aromatic carbocycles. The summed E-state index contributed by atoms with van der Waals surface area (Å²) < 4.78 is 0. The van der Waals surface area contributed by atoms with Crippen molar-refractivity contribution in [2.24, 2.45) is 0 Å². The van der Waals surface area contributed by atoms with Gasteiger partial charge in [0, 0.05) is 26.2 Å². The maximum absolute atomic E-state index is 12.7. The molecule has 1 N–H and O–H groups in total. The third-order valence-corrected chi connectivity index (χ3v) is 5.16. The van der Waals surface area contributed by atoms with Crippen LogP contribution >= 0.6 is 11.6 Å². The third kappa shape index (κ3) is 3.47. The first kappa shape index (κ1) is 17.0. The Morgan fingerprint density at radius 2 is 1.92 bits per heavy atom. The van der Waals surface area contributed by atoms with Crippen LogP contribution in [0.25, 0.3) is 0 Å². The van der Waals surface area contributed by atoms with Crippen molar-refractivity contribution in [3.8, 4) is 0 Å². The van der Waals surface area contributed by atoms with Gasteiger partial charge in [-0.1, -0.05) is 41.4 Å². The van der Waals surface area contributed by atoms with Crippen LogP contribution in [0.3, 0.4) is 0 Å². The smallest absolute Gasteiger partial charge is 0.239 e. The van der Waals surface area contributed by atoms with E-state index in [0.29, 0.717) is 18.1 Å². The predicted molar refractivity (Wildman–Crippen MR) is 94.8 cm³/mol. The van der Waals surface area contributed by atoms with E-state index in [2.05, 4.69) is 46.3 Å². The van der Waals surface area contributed by atoms with E-state index in [-0.39, 0.29) is 11.9 Å². The predicted octanol–water partition coefficient (Wildman–Crippen LogP) is 2.91. The number of hydrogen-bond donors (Lipinski definition) is 1. The van der Waals surface area contributed by atoms with Gasteiger partial charge in [0.05, 0.1) is 22.5 Å². The van der Waals surface area contributed by atoms with Gasteiger partial charge in [-0.05, 0) is 26.3 Å². The fourth-order valence-electron chi connectivity index (χ4n) is 3.02. The number of rotatable bonds is 4. The highest BCUT2D eigenvalue weighted by atomic mass is 35.5. The lowest BCUT2D eigenvalue weighted by Crippen LogP contribution is -2.54. The molecular formula is C18H23ClN4O. The van der Waals surface area contributed by atoms with Crippen LogP contribution < -0.4 is 0 Å². The van der Waals surface area contributed by atoms with Crippen molar-refractivity contribution in [1.29, 1.82) is 0 Å². The number of hydrogen-bond acceptors (Lipinski definition) is 3. The molecule has 2 heterocycles. The summed E-state index contributed by atoms with van der Waals surface area (Å²) in [5.74, 6) is 0.158. The summed E-state index contributed by atoms with van der Waals surface area (Å²) in [5, 5.41) is 7.80. The summed E-state index contributed by atoms with van der Waals surface area (Å²) in [6.07, 6.45) is 0. The second kappa shape index (κ2) is 6.95. The third-order valence-electron chi connectivity index (χ3n) is 4.66. The van der Waals surface area contributed by atoms with Crippen LogP contribution in [0.2, 0.25) is 5.02 Å². The highest BCUT2D eigenvalue weighted by Crippen LogP contribution is 2.22. The molecule has 5 nitrogen and oxygen atoms in total. The standard InChI is InChI=1S/C18H23ClN4O/c1-12-4-6-15(7-5-12)10-23-9-8-22(14(3)18(23)24)11-16-17(19)13(2)20-21-16/h4-7,14H,8-11H2,1-3H3,(H,20,21)/t14-/m1/s1. The minimum absolute atomic E-state index is 0.158. The molecule has 1 aliphatic heterocycles. The van der Waals surface area contributed by atoms with E-state index in [4.69, 9.17) is 11.6 Å². The molecule has 0 radical (unpaired) electrons. The number of carbonyl (C=O) groups excluding carboxylic acids is 1. The summed E-state index contributed by atoms with van der Waals surface area (Å²) in [5.41, 5.74) is 4.07. The topological polar surface area (TPSA) is 52.2 Å². The van der Waals surface area contributed by atoms with Gasteiger partial charge >= 0.3 is 0 Å². The number of amides is 1. The van der Waals surface area contributed by atoms with Gasteiger partial charge in [0.15, 0.2) is 0 Å². The average Bonchev–Trinajstić information content (AvgIpc) is 2.88. The Morgan fingerprint density at radius 1 is 1.21 bits per heavy atom. The summed E-state index contributed by atoms with van der Waals surface area (Å²) in [7, 11) is 0. The van der Waals surface area contributed by atoms with Gasteiger partial charge in [-0.25, -0.2) is 0 Å². The number of aryl methyl sites for hydroxylation is 2. The van der Waals surface area contributed by atoms with Crippen LogP contribution in [-0.2, 0) is 17.9 Å². The van der Waals surface area contributed by atoms with Crippen molar-refractivity contribution < 1.29 is 4.79 Å². The molecule has 0 saturated carbocycles. The van der Waals surface area contributed by atoms with E-state index in [1.165, 1.54) is 11.1 Å². The SMILES string of the molecule is Cc1ccc(CN2CCN(Cc3n[nH]c(C)c3Cl)[C@H](C)C2=O)cc1. The van der Waals surface area contributed by atoms with Crippen LogP contribution in [0, 0.1) is 13.8 Å². The lowest BCUT2D eigenvalue weighted by Gasteiger charge is -2.39. The van der Waals surface area contributed by atoms with Gasteiger partial charge in [-0.3, -0.25) is 14.8 Å². The average molecular weight is 347 g/mol. The first-order valence-corrected chi connectivity index (χ1v) is 8.61. The maximum Gasteiger partial charge on any atom is 0.239 e. The molecule has 0 aliphatic carbocycles. The Kier molecular flexibility index (Phi) is 4.92. The summed E-state index contributed by atoms with van der Waals surface area (Å²) >= 11 is 6.25. The Labute approximate surface area is 147 Å². The number of nitrogens with one attached hydrogen (secondary N) is 1. The Balaban J connectivity index is 1.65. The molecule has 1 amide bonds. The molecule has 24 heavy (non-hydrogen) atoms. The van der Waals surface area contributed by atoms with Gasteiger partial charge < -0.3 is 4.90 Å². The summed E-state index contributed by atoms with van der Waals surface area (Å²) in [6.45, 7) is 8.72. The number of piperazine rings is 1. The van der Waals surface area contributed by atoms with Crippen LogP contribution in [-0.4, -0.2) is 45.0 Å². The largest absolute Gasteiger partial charge is 0.336 e. The molecule has 2 aromatic rings. The Bertz CT molecular complexity index is 725. The molecule has 1 aromatic heterocycles. The molecule has 6 heteroatoms. The van der Waals surface area contributed by atoms with Gasteiger partial charge in [0.1, 0.15) is 0 Å². The molecule has 1 atom stereocenters. The van der Waals surface area contributed by atoms with E-state index in [9.17, 15) is 4.79 Å². The van der Waals surface area contributed by atoms with Crippen LogP contribution in [0.15, 0.2) is 24.3 Å². The van der Waals surface area contributed by atoms with E-state index < -0.39 is 0 Å². The molecule has 0 bridgehead atoms.